The normalized spacial score (nSPS) is 10.5. The molecule has 2 N–H and O–H groups in total. The van der Waals surface area contributed by atoms with Gasteiger partial charge in [0.05, 0.1) is 19.1 Å². The highest BCUT2D eigenvalue weighted by atomic mass is 32.2. The molecule has 2 aromatic rings. The number of furan rings is 1. The van der Waals surface area contributed by atoms with Crippen molar-refractivity contribution >= 4 is 17.4 Å². The van der Waals surface area contributed by atoms with Crippen LogP contribution in [0.5, 0.6) is 5.75 Å². The number of hydrogen-bond acceptors (Lipinski definition) is 4. The van der Waals surface area contributed by atoms with E-state index >= 15 is 0 Å². The smallest absolute Gasteiger partial charge is 0.141 e. The van der Waals surface area contributed by atoms with Crippen LogP contribution in [-0.2, 0) is 5.75 Å². The summed E-state index contributed by atoms with van der Waals surface area (Å²) in [6.07, 6.45) is 1.71. The molecule has 1 heterocycles. The van der Waals surface area contributed by atoms with E-state index in [0.29, 0.717) is 5.69 Å². The monoisotopic (exact) mass is 249 g/mol. The van der Waals surface area contributed by atoms with Gasteiger partial charge in [-0.2, -0.15) is 0 Å². The van der Waals surface area contributed by atoms with Gasteiger partial charge in [-0.15, -0.1) is 11.8 Å². The molecule has 0 fully saturated rings. The van der Waals surface area contributed by atoms with E-state index in [0.717, 1.165) is 17.3 Å². The van der Waals surface area contributed by atoms with E-state index in [9.17, 15) is 0 Å². The lowest BCUT2D eigenvalue weighted by Crippen LogP contribution is -1.93. The van der Waals surface area contributed by atoms with Gasteiger partial charge in [-0.1, -0.05) is 6.07 Å². The van der Waals surface area contributed by atoms with Gasteiger partial charge >= 0.3 is 0 Å². The Labute approximate surface area is 105 Å². The van der Waals surface area contributed by atoms with Crippen molar-refractivity contribution < 1.29 is 9.15 Å². The number of aryl methyl sites for hydroxylation is 1. The summed E-state index contributed by atoms with van der Waals surface area (Å²) in [5.74, 6) is 2.55. The molecule has 17 heavy (non-hydrogen) atoms. The largest absolute Gasteiger partial charge is 0.495 e. The molecule has 1 aromatic heterocycles. The molecule has 0 radical (unpaired) electrons. The SMILES string of the molecule is COc1ccc(CSc2ccoc2C)cc1N. The number of thioether (sulfide) groups is 1. The predicted molar refractivity (Wildman–Crippen MR) is 70.4 cm³/mol. The number of nitrogens with two attached hydrogens (primary N) is 1. The Balaban J connectivity index is 2.05. The zero-order chi connectivity index (χ0) is 12.3. The van der Waals surface area contributed by atoms with E-state index in [-0.39, 0.29) is 0 Å². The summed E-state index contributed by atoms with van der Waals surface area (Å²) in [5.41, 5.74) is 7.71. The minimum atomic E-state index is 0.675. The number of benzene rings is 1. The summed E-state index contributed by atoms with van der Waals surface area (Å²) in [7, 11) is 1.62. The standard InChI is InChI=1S/C13H15NO2S/c1-9-13(5-6-16-9)17-8-10-3-4-12(15-2)11(14)7-10/h3-7H,8,14H2,1-2H3. The van der Waals surface area contributed by atoms with Crippen molar-refractivity contribution in [3.63, 3.8) is 0 Å². The lowest BCUT2D eigenvalue weighted by molar-refractivity contribution is 0.417. The quantitative estimate of drug-likeness (QED) is 0.665. The van der Waals surface area contributed by atoms with Gasteiger partial charge < -0.3 is 14.9 Å². The van der Waals surface area contributed by atoms with Gasteiger partial charge in [0.25, 0.3) is 0 Å². The van der Waals surface area contributed by atoms with Crippen molar-refractivity contribution in [1.82, 2.24) is 0 Å². The molecule has 0 spiro atoms. The van der Waals surface area contributed by atoms with E-state index < -0.39 is 0 Å². The van der Waals surface area contributed by atoms with Crippen LogP contribution in [0.3, 0.4) is 0 Å². The summed E-state index contributed by atoms with van der Waals surface area (Å²) in [4.78, 5) is 1.17. The summed E-state index contributed by atoms with van der Waals surface area (Å²) in [5, 5.41) is 0. The second-order valence-corrected chi connectivity index (χ2v) is 4.72. The Morgan fingerprint density at radius 1 is 1.35 bits per heavy atom. The maximum Gasteiger partial charge on any atom is 0.141 e. The maximum atomic E-state index is 5.86. The third-order valence-electron chi connectivity index (χ3n) is 2.50. The highest BCUT2D eigenvalue weighted by Crippen LogP contribution is 2.29. The molecule has 0 saturated heterocycles. The molecular weight excluding hydrogens is 234 g/mol. The Kier molecular flexibility index (Phi) is 3.64. The fourth-order valence-corrected chi connectivity index (χ4v) is 2.46. The Morgan fingerprint density at radius 3 is 2.76 bits per heavy atom. The van der Waals surface area contributed by atoms with Crippen LogP contribution in [0.4, 0.5) is 5.69 Å². The van der Waals surface area contributed by atoms with Crippen molar-refractivity contribution in [2.75, 3.05) is 12.8 Å². The highest BCUT2D eigenvalue weighted by molar-refractivity contribution is 7.98. The zero-order valence-corrected chi connectivity index (χ0v) is 10.7. The number of rotatable bonds is 4. The molecule has 4 heteroatoms. The van der Waals surface area contributed by atoms with Gasteiger partial charge in [-0.25, -0.2) is 0 Å². The summed E-state index contributed by atoms with van der Waals surface area (Å²) >= 11 is 1.74. The first-order valence-corrected chi connectivity index (χ1v) is 6.28. The molecule has 0 aliphatic carbocycles. The Bertz CT molecular complexity index is 508. The van der Waals surface area contributed by atoms with Crippen LogP contribution in [0, 0.1) is 6.92 Å². The number of anilines is 1. The van der Waals surface area contributed by atoms with Gasteiger partial charge in [-0.05, 0) is 30.7 Å². The van der Waals surface area contributed by atoms with Crippen molar-refractivity contribution in [3.8, 4) is 5.75 Å². The minimum absolute atomic E-state index is 0.675. The molecule has 0 amide bonds. The third-order valence-corrected chi connectivity index (χ3v) is 3.71. The molecule has 2 rings (SSSR count). The van der Waals surface area contributed by atoms with Crippen molar-refractivity contribution in [1.29, 1.82) is 0 Å². The molecule has 90 valence electrons. The average molecular weight is 249 g/mol. The van der Waals surface area contributed by atoms with Crippen molar-refractivity contribution in [2.45, 2.75) is 17.6 Å². The second-order valence-electron chi connectivity index (χ2n) is 3.71. The van der Waals surface area contributed by atoms with Crippen molar-refractivity contribution in [3.05, 3.63) is 41.9 Å². The molecule has 0 atom stereocenters. The summed E-state index contributed by atoms with van der Waals surface area (Å²) < 4.78 is 10.4. The average Bonchev–Trinajstić information content (AvgIpc) is 2.72. The van der Waals surface area contributed by atoms with Crippen LogP contribution >= 0.6 is 11.8 Å². The van der Waals surface area contributed by atoms with Crippen molar-refractivity contribution in [2.24, 2.45) is 0 Å². The van der Waals surface area contributed by atoms with Gasteiger partial charge in [0.15, 0.2) is 0 Å². The van der Waals surface area contributed by atoms with E-state index in [1.807, 2.05) is 31.2 Å². The van der Waals surface area contributed by atoms with Crippen LogP contribution in [0.25, 0.3) is 0 Å². The van der Waals surface area contributed by atoms with E-state index in [4.69, 9.17) is 14.9 Å². The lowest BCUT2D eigenvalue weighted by atomic mass is 10.2. The highest BCUT2D eigenvalue weighted by Gasteiger charge is 2.04. The number of nitrogen functional groups attached to an aromatic ring is 1. The lowest BCUT2D eigenvalue weighted by Gasteiger charge is -2.06. The van der Waals surface area contributed by atoms with Gasteiger partial charge in [0.2, 0.25) is 0 Å². The molecule has 0 unspecified atom stereocenters. The first kappa shape index (κ1) is 11.9. The van der Waals surface area contributed by atoms with Crippen LogP contribution in [0.1, 0.15) is 11.3 Å². The van der Waals surface area contributed by atoms with E-state index in [1.54, 1.807) is 25.1 Å². The molecule has 0 saturated carbocycles. The minimum Gasteiger partial charge on any atom is -0.495 e. The molecular formula is C13H15NO2S. The zero-order valence-electron chi connectivity index (χ0n) is 9.90. The first-order chi connectivity index (χ1) is 8.20. The Morgan fingerprint density at radius 2 is 2.18 bits per heavy atom. The van der Waals surface area contributed by atoms with Gasteiger partial charge in [-0.3, -0.25) is 0 Å². The predicted octanol–water partition coefficient (Wildman–Crippen LogP) is 3.47. The molecule has 0 bridgehead atoms. The second kappa shape index (κ2) is 5.19. The van der Waals surface area contributed by atoms with E-state index in [2.05, 4.69) is 0 Å². The molecule has 3 nitrogen and oxygen atoms in total. The summed E-state index contributed by atoms with van der Waals surface area (Å²) in [6.45, 7) is 1.96. The number of ether oxygens (including phenoxy) is 1. The molecule has 0 aliphatic heterocycles. The van der Waals surface area contributed by atoms with Crippen LogP contribution < -0.4 is 10.5 Å². The fraction of sp³-hybridized carbons (Fsp3) is 0.231. The van der Waals surface area contributed by atoms with Gasteiger partial charge in [0.1, 0.15) is 11.5 Å². The van der Waals surface area contributed by atoms with Crippen LogP contribution in [0.2, 0.25) is 0 Å². The first-order valence-electron chi connectivity index (χ1n) is 5.30. The molecule has 0 aliphatic rings. The van der Waals surface area contributed by atoms with Crippen LogP contribution in [0.15, 0.2) is 39.8 Å². The topological polar surface area (TPSA) is 48.4 Å². The molecule has 1 aromatic carbocycles. The van der Waals surface area contributed by atoms with E-state index in [1.165, 1.54) is 10.5 Å². The van der Waals surface area contributed by atoms with Gasteiger partial charge in [0, 0.05) is 10.6 Å². The van der Waals surface area contributed by atoms with Crippen LogP contribution in [-0.4, -0.2) is 7.11 Å². The maximum absolute atomic E-state index is 5.86. The summed E-state index contributed by atoms with van der Waals surface area (Å²) in [6, 6.07) is 7.85. The third kappa shape index (κ3) is 2.77. The number of methoxy groups -OCH3 is 1. The number of hydrogen-bond donors (Lipinski definition) is 1. The Hall–Kier alpha value is -1.55. The fourth-order valence-electron chi connectivity index (χ4n) is 1.56.